The van der Waals surface area contributed by atoms with Gasteiger partial charge in [-0.2, -0.15) is 4.98 Å². The zero-order valence-corrected chi connectivity index (χ0v) is 18.6. The van der Waals surface area contributed by atoms with Crippen molar-refractivity contribution in [1.82, 2.24) is 15.3 Å². The molecule has 10 heteroatoms. The minimum atomic E-state index is -0.644. The van der Waals surface area contributed by atoms with E-state index in [4.69, 9.17) is 16.3 Å². The normalized spacial score (nSPS) is 16.6. The van der Waals surface area contributed by atoms with Crippen LogP contribution in [0.4, 0.5) is 26.1 Å². The Bertz CT molecular complexity index is 1260. The SMILES string of the molecule is CC1(C)NCCc2cc(Nc3ncc4c(n3)OCN(c3c(F)cccc3Cl)C4=O)cc(F)c21. The second-order valence-electron chi connectivity index (χ2n) is 8.41. The Morgan fingerprint density at radius 1 is 1.24 bits per heavy atom. The first kappa shape index (κ1) is 21.5. The molecule has 2 N–H and O–H groups in total. The maximum atomic E-state index is 14.9. The standard InChI is InChI=1S/C23H20ClF2N5O2/c1-23(2)18-12(6-7-28-23)8-13(9-17(18)26)29-22-27-10-14-20(30-22)33-11-31(21(14)32)19-15(24)4-3-5-16(19)25/h3-5,8-10,28H,6-7,11H2,1-2H3,(H,27,29,30). The first-order valence-corrected chi connectivity index (χ1v) is 10.7. The van der Waals surface area contributed by atoms with Crippen molar-refractivity contribution in [3.8, 4) is 5.88 Å². The molecule has 0 bridgehead atoms. The van der Waals surface area contributed by atoms with Gasteiger partial charge < -0.3 is 15.4 Å². The molecule has 0 radical (unpaired) electrons. The molecule has 7 nitrogen and oxygen atoms in total. The number of nitrogens with one attached hydrogen (secondary N) is 2. The summed E-state index contributed by atoms with van der Waals surface area (Å²) in [4.78, 5) is 22.4. The van der Waals surface area contributed by atoms with Crippen molar-refractivity contribution >= 4 is 34.8 Å². The number of amides is 1. The lowest BCUT2D eigenvalue weighted by Gasteiger charge is -2.34. The fraction of sp³-hybridized carbons (Fsp3) is 0.261. The molecule has 3 heterocycles. The molecule has 0 fully saturated rings. The van der Waals surface area contributed by atoms with Crippen molar-refractivity contribution in [2.45, 2.75) is 25.8 Å². The van der Waals surface area contributed by atoms with Gasteiger partial charge in [0.2, 0.25) is 11.8 Å². The Labute approximate surface area is 193 Å². The third-order valence-electron chi connectivity index (χ3n) is 5.78. The average molecular weight is 472 g/mol. The Morgan fingerprint density at radius 3 is 2.85 bits per heavy atom. The number of carbonyl (C=O) groups excluding carboxylic acids is 1. The summed E-state index contributed by atoms with van der Waals surface area (Å²) in [6.07, 6.45) is 1.98. The van der Waals surface area contributed by atoms with E-state index in [9.17, 15) is 13.6 Å². The van der Waals surface area contributed by atoms with Crippen molar-refractivity contribution in [2.24, 2.45) is 0 Å². The van der Waals surface area contributed by atoms with E-state index < -0.39 is 17.3 Å². The van der Waals surface area contributed by atoms with Crippen molar-refractivity contribution < 1.29 is 18.3 Å². The van der Waals surface area contributed by atoms with E-state index in [0.29, 0.717) is 17.7 Å². The monoisotopic (exact) mass is 471 g/mol. The highest BCUT2D eigenvalue weighted by Gasteiger charge is 2.33. The number of hydrogen-bond donors (Lipinski definition) is 2. The van der Waals surface area contributed by atoms with Gasteiger partial charge in [0, 0.05) is 23.0 Å². The van der Waals surface area contributed by atoms with Gasteiger partial charge in [-0.15, -0.1) is 0 Å². The molecule has 2 aliphatic heterocycles. The molecule has 0 saturated carbocycles. The molecule has 0 atom stereocenters. The van der Waals surface area contributed by atoms with E-state index in [-0.39, 0.29) is 40.6 Å². The van der Waals surface area contributed by atoms with Crippen LogP contribution in [0.25, 0.3) is 0 Å². The van der Waals surface area contributed by atoms with E-state index in [1.54, 1.807) is 0 Å². The Hall–Kier alpha value is -3.30. The minimum absolute atomic E-state index is 0.0463. The highest BCUT2D eigenvalue weighted by Crippen LogP contribution is 2.35. The van der Waals surface area contributed by atoms with Crippen LogP contribution < -0.4 is 20.3 Å². The fourth-order valence-electron chi connectivity index (χ4n) is 4.29. The van der Waals surface area contributed by atoms with Crippen molar-refractivity contribution in [1.29, 1.82) is 0 Å². The van der Waals surface area contributed by atoms with Gasteiger partial charge in [-0.25, -0.2) is 13.8 Å². The Morgan fingerprint density at radius 2 is 2.06 bits per heavy atom. The largest absolute Gasteiger partial charge is 0.455 e. The molecule has 33 heavy (non-hydrogen) atoms. The van der Waals surface area contributed by atoms with Crippen LogP contribution in [0, 0.1) is 11.6 Å². The number of anilines is 3. The smallest absolute Gasteiger partial charge is 0.268 e. The van der Waals surface area contributed by atoms with Crippen LogP contribution in [0.1, 0.15) is 35.3 Å². The molecular formula is C23H20ClF2N5O2. The van der Waals surface area contributed by atoms with Gasteiger partial charge in [0.1, 0.15) is 22.9 Å². The number of aromatic nitrogens is 2. The fourth-order valence-corrected chi connectivity index (χ4v) is 4.55. The number of rotatable bonds is 3. The van der Waals surface area contributed by atoms with E-state index in [1.165, 1.54) is 30.5 Å². The molecule has 5 rings (SSSR count). The molecule has 0 unspecified atom stereocenters. The summed E-state index contributed by atoms with van der Waals surface area (Å²) in [7, 11) is 0. The van der Waals surface area contributed by atoms with Gasteiger partial charge in [0.15, 0.2) is 6.73 Å². The van der Waals surface area contributed by atoms with Crippen molar-refractivity contribution in [3.05, 3.63) is 69.9 Å². The van der Waals surface area contributed by atoms with Crippen molar-refractivity contribution in [2.75, 3.05) is 23.5 Å². The third kappa shape index (κ3) is 3.77. The molecule has 0 aliphatic carbocycles. The van der Waals surface area contributed by atoms with Gasteiger partial charge in [-0.3, -0.25) is 9.69 Å². The first-order chi connectivity index (χ1) is 15.7. The maximum absolute atomic E-state index is 14.9. The highest BCUT2D eigenvalue weighted by molar-refractivity contribution is 6.34. The molecule has 170 valence electrons. The number of para-hydroxylation sites is 1. The average Bonchev–Trinajstić information content (AvgIpc) is 2.74. The second kappa shape index (κ2) is 7.93. The lowest BCUT2D eigenvalue weighted by molar-refractivity contribution is 0.0931. The van der Waals surface area contributed by atoms with Gasteiger partial charge in [0.25, 0.3) is 5.91 Å². The van der Waals surface area contributed by atoms with E-state index in [2.05, 4.69) is 20.6 Å². The van der Waals surface area contributed by atoms with Crippen LogP contribution in [0.15, 0.2) is 36.5 Å². The summed E-state index contributed by atoms with van der Waals surface area (Å²) in [5.41, 5.74) is 1.58. The lowest BCUT2D eigenvalue weighted by atomic mass is 9.84. The number of ether oxygens (including phenoxy) is 1. The quantitative estimate of drug-likeness (QED) is 0.584. The summed E-state index contributed by atoms with van der Waals surface area (Å²) >= 11 is 6.09. The van der Waals surface area contributed by atoms with Crippen LogP contribution in [0.3, 0.4) is 0 Å². The van der Waals surface area contributed by atoms with Crippen LogP contribution in [-0.4, -0.2) is 29.2 Å². The first-order valence-electron chi connectivity index (χ1n) is 10.4. The topological polar surface area (TPSA) is 79.4 Å². The van der Waals surface area contributed by atoms with Gasteiger partial charge in [0.05, 0.1) is 5.02 Å². The summed E-state index contributed by atoms with van der Waals surface area (Å²) in [5, 5.41) is 6.38. The number of fused-ring (bicyclic) bond motifs is 2. The van der Waals surface area contributed by atoms with Gasteiger partial charge in [-0.05, 0) is 56.6 Å². The molecule has 2 aromatic carbocycles. The number of hydrogen-bond acceptors (Lipinski definition) is 6. The number of benzene rings is 2. The lowest BCUT2D eigenvalue weighted by Crippen LogP contribution is -2.43. The predicted octanol–water partition coefficient (Wildman–Crippen LogP) is 4.53. The number of carbonyl (C=O) groups is 1. The number of nitrogens with zero attached hydrogens (tertiary/aromatic N) is 3. The Balaban J connectivity index is 1.42. The molecular weight excluding hydrogens is 452 g/mol. The summed E-state index contributed by atoms with van der Waals surface area (Å²) in [6, 6.07) is 7.41. The molecule has 1 amide bonds. The predicted molar refractivity (Wildman–Crippen MR) is 120 cm³/mol. The zero-order valence-electron chi connectivity index (χ0n) is 17.9. The summed E-state index contributed by atoms with van der Waals surface area (Å²) in [6.45, 7) is 4.37. The summed E-state index contributed by atoms with van der Waals surface area (Å²) in [5.74, 6) is -1.32. The van der Waals surface area contributed by atoms with E-state index in [1.807, 2.05) is 19.9 Å². The summed E-state index contributed by atoms with van der Waals surface area (Å²) < 4.78 is 34.8. The molecule has 1 aromatic heterocycles. The van der Waals surface area contributed by atoms with Gasteiger partial charge >= 0.3 is 0 Å². The third-order valence-corrected chi connectivity index (χ3v) is 6.09. The van der Waals surface area contributed by atoms with Crippen LogP contribution in [0.2, 0.25) is 5.02 Å². The number of halogens is 3. The van der Waals surface area contributed by atoms with Crippen LogP contribution in [0.5, 0.6) is 5.88 Å². The maximum Gasteiger partial charge on any atom is 0.268 e. The zero-order chi connectivity index (χ0) is 23.3. The highest BCUT2D eigenvalue weighted by atomic mass is 35.5. The van der Waals surface area contributed by atoms with Crippen LogP contribution in [-0.2, 0) is 12.0 Å². The molecule has 3 aromatic rings. The molecule has 2 aliphatic rings. The van der Waals surface area contributed by atoms with Crippen molar-refractivity contribution in [3.63, 3.8) is 0 Å². The van der Waals surface area contributed by atoms with Crippen LogP contribution >= 0.6 is 11.6 Å². The second-order valence-corrected chi connectivity index (χ2v) is 8.82. The van der Waals surface area contributed by atoms with E-state index >= 15 is 0 Å². The van der Waals surface area contributed by atoms with E-state index in [0.717, 1.165) is 17.0 Å². The van der Waals surface area contributed by atoms with Gasteiger partial charge in [-0.1, -0.05) is 17.7 Å². The molecule has 0 saturated heterocycles. The molecule has 0 spiro atoms. The Kier molecular flexibility index (Phi) is 5.18. The minimum Gasteiger partial charge on any atom is -0.455 e.